The Morgan fingerprint density at radius 1 is 0.783 bits per heavy atom. The van der Waals surface area contributed by atoms with Gasteiger partial charge in [0, 0.05) is 17.2 Å². The fraction of sp³-hybridized carbons (Fsp3) is 0.167. The van der Waals surface area contributed by atoms with Crippen molar-refractivity contribution in [1.82, 2.24) is 5.16 Å². The minimum absolute atomic E-state index is 0.222. The number of aromatic nitrogens is 1. The van der Waals surface area contributed by atoms with Crippen LogP contribution in [-0.4, -0.2) is 20.5 Å². The first-order chi connectivity index (χ1) is 11.3. The molecule has 0 spiro atoms. The number of aliphatic hydroxyl groups is 3. The van der Waals surface area contributed by atoms with E-state index >= 15 is 0 Å². The molecule has 118 valence electrons. The number of hydrogen-bond donors (Lipinski definition) is 3. The molecule has 0 atom stereocenters. The molecule has 3 rings (SSSR count). The number of rotatable bonds is 5. The summed E-state index contributed by atoms with van der Waals surface area (Å²) in [6, 6.07) is 14.9. The molecule has 3 aromatic rings. The van der Waals surface area contributed by atoms with Gasteiger partial charge in [0.2, 0.25) is 0 Å². The van der Waals surface area contributed by atoms with Crippen molar-refractivity contribution < 1.29 is 19.8 Å². The Morgan fingerprint density at radius 2 is 1.43 bits per heavy atom. The monoisotopic (exact) mass is 311 g/mol. The van der Waals surface area contributed by atoms with Gasteiger partial charge in [-0.15, -0.1) is 0 Å². The Kier molecular flexibility index (Phi) is 4.52. The van der Waals surface area contributed by atoms with E-state index in [0.29, 0.717) is 28.1 Å². The Morgan fingerprint density at radius 3 is 2.00 bits per heavy atom. The third-order valence-corrected chi connectivity index (χ3v) is 3.80. The van der Waals surface area contributed by atoms with Crippen LogP contribution in [0.25, 0.3) is 22.6 Å². The summed E-state index contributed by atoms with van der Waals surface area (Å²) < 4.78 is 5.38. The second kappa shape index (κ2) is 6.75. The van der Waals surface area contributed by atoms with Gasteiger partial charge in [0.05, 0.1) is 19.8 Å². The van der Waals surface area contributed by atoms with E-state index in [0.717, 1.165) is 11.1 Å². The first kappa shape index (κ1) is 15.4. The number of nitrogens with zero attached hydrogens (tertiary/aromatic N) is 1. The molecule has 0 saturated heterocycles. The smallest absolute Gasteiger partial charge is 0.167 e. The minimum Gasteiger partial charge on any atom is -0.392 e. The molecular weight excluding hydrogens is 294 g/mol. The maximum absolute atomic E-state index is 9.49. The molecule has 5 heteroatoms. The van der Waals surface area contributed by atoms with Gasteiger partial charge in [-0.3, -0.25) is 0 Å². The Hall–Kier alpha value is -2.47. The average Bonchev–Trinajstić information content (AvgIpc) is 3.11. The first-order valence-electron chi connectivity index (χ1n) is 7.26. The summed E-state index contributed by atoms with van der Waals surface area (Å²) in [5.74, 6) is 0.642. The molecule has 1 heterocycles. The highest BCUT2D eigenvalue weighted by Gasteiger charge is 2.14. The van der Waals surface area contributed by atoms with Gasteiger partial charge in [0.1, 0.15) is 5.69 Å². The van der Waals surface area contributed by atoms with Crippen molar-refractivity contribution in [2.24, 2.45) is 0 Å². The summed E-state index contributed by atoms with van der Waals surface area (Å²) in [6.07, 6.45) is 0. The lowest BCUT2D eigenvalue weighted by Crippen LogP contribution is -2.01. The Balaban J connectivity index is 2.04. The molecule has 0 aliphatic heterocycles. The summed E-state index contributed by atoms with van der Waals surface area (Å²) in [5.41, 5.74) is 3.93. The largest absolute Gasteiger partial charge is 0.392 e. The van der Waals surface area contributed by atoms with E-state index in [2.05, 4.69) is 5.16 Å². The molecule has 1 aromatic heterocycles. The van der Waals surface area contributed by atoms with Gasteiger partial charge >= 0.3 is 0 Å². The van der Waals surface area contributed by atoms with Crippen LogP contribution in [-0.2, 0) is 19.8 Å². The van der Waals surface area contributed by atoms with Crippen molar-refractivity contribution in [2.45, 2.75) is 19.8 Å². The molecule has 23 heavy (non-hydrogen) atoms. The van der Waals surface area contributed by atoms with Crippen LogP contribution in [0.4, 0.5) is 0 Å². The van der Waals surface area contributed by atoms with Gasteiger partial charge in [-0.05, 0) is 28.8 Å². The van der Waals surface area contributed by atoms with Crippen molar-refractivity contribution in [3.8, 4) is 22.6 Å². The van der Waals surface area contributed by atoms with E-state index < -0.39 is 0 Å². The van der Waals surface area contributed by atoms with Gasteiger partial charge in [-0.1, -0.05) is 35.5 Å². The second-order valence-electron chi connectivity index (χ2n) is 5.19. The lowest BCUT2D eigenvalue weighted by Gasteiger charge is -2.12. The molecule has 5 nitrogen and oxygen atoms in total. The summed E-state index contributed by atoms with van der Waals surface area (Å²) in [6.45, 7) is -0.680. The normalized spacial score (nSPS) is 10.9. The van der Waals surface area contributed by atoms with Crippen LogP contribution in [0.1, 0.15) is 16.7 Å². The third kappa shape index (κ3) is 3.03. The van der Waals surface area contributed by atoms with Gasteiger partial charge in [-0.2, -0.15) is 0 Å². The lowest BCUT2D eigenvalue weighted by molar-refractivity contribution is 0.248. The Labute approximate surface area is 133 Å². The SMILES string of the molecule is OCc1cc(-c2cc(-c3ccccc3)on2)cc(CO)c1CO. The van der Waals surface area contributed by atoms with Crippen LogP contribution in [0.5, 0.6) is 0 Å². The maximum atomic E-state index is 9.49. The minimum atomic E-state index is -0.236. The fourth-order valence-electron chi connectivity index (χ4n) is 2.58. The zero-order valence-corrected chi connectivity index (χ0v) is 12.4. The summed E-state index contributed by atoms with van der Waals surface area (Å²) in [5, 5.41) is 32.5. The predicted octanol–water partition coefficient (Wildman–Crippen LogP) is 2.49. The van der Waals surface area contributed by atoms with Crippen molar-refractivity contribution in [3.63, 3.8) is 0 Å². The number of benzene rings is 2. The molecule has 0 saturated carbocycles. The highest BCUT2D eigenvalue weighted by Crippen LogP contribution is 2.29. The summed E-state index contributed by atoms with van der Waals surface area (Å²) in [7, 11) is 0. The molecule has 0 unspecified atom stereocenters. The highest BCUT2D eigenvalue weighted by atomic mass is 16.5. The van der Waals surface area contributed by atoms with Crippen LogP contribution in [0.15, 0.2) is 53.1 Å². The van der Waals surface area contributed by atoms with Gasteiger partial charge < -0.3 is 19.8 Å². The lowest BCUT2D eigenvalue weighted by atomic mass is 9.97. The zero-order chi connectivity index (χ0) is 16.2. The van der Waals surface area contributed by atoms with E-state index in [4.69, 9.17) is 4.52 Å². The van der Waals surface area contributed by atoms with Crippen molar-refractivity contribution >= 4 is 0 Å². The van der Waals surface area contributed by atoms with E-state index in [-0.39, 0.29) is 19.8 Å². The van der Waals surface area contributed by atoms with Crippen LogP contribution in [0, 0.1) is 0 Å². The van der Waals surface area contributed by atoms with E-state index in [1.807, 2.05) is 36.4 Å². The molecule has 0 bridgehead atoms. The molecular formula is C18H17NO4. The molecule has 0 fully saturated rings. The maximum Gasteiger partial charge on any atom is 0.167 e. The van der Waals surface area contributed by atoms with Gasteiger partial charge in [-0.25, -0.2) is 0 Å². The summed E-state index contributed by atoms with van der Waals surface area (Å²) in [4.78, 5) is 0. The molecule has 0 aliphatic rings. The Bertz CT molecular complexity index is 771. The molecule has 0 radical (unpaired) electrons. The third-order valence-electron chi connectivity index (χ3n) is 3.80. The van der Waals surface area contributed by atoms with Crippen molar-refractivity contribution in [1.29, 1.82) is 0 Å². The topological polar surface area (TPSA) is 86.7 Å². The van der Waals surface area contributed by atoms with Crippen LogP contribution >= 0.6 is 0 Å². The standard InChI is InChI=1S/C18H17NO4/c20-9-14-6-13(7-15(10-21)16(14)11-22)17-8-18(23-19-17)12-4-2-1-3-5-12/h1-8,20-22H,9-11H2. The zero-order valence-electron chi connectivity index (χ0n) is 12.4. The van der Waals surface area contributed by atoms with Crippen LogP contribution in [0.3, 0.4) is 0 Å². The van der Waals surface area contributed by atoms with E-state index in [1.165, 1.54) is 0 Å². The van der Waals surface area contributed by atoms with E-state index in [9.17, 15) is 15.3 Å². The van der Waals surface area contributed by atoms with Crippen LogP contribution in [0.2, 0.25) is 0 Å². The number of hydrogen-bond acceptors (Lipinski definition) is 5. The molecule has 2 aromatic carbocycles. The quantitative estimate of drug-likeness (QED) is 0.674. The average molecular weight is 311 g/mol. The van der Waals surface area contributed by atoms with Gasteiger partial charge in [0.15, 0.2) is 5.76 Å². The molecule has 0 amide bonds. The second-order valence-corrected chi connectivity index (χ2v) is 5.19. The first-order valence-corrected chi connectivity index (χ1v) is 7.26. The predicted molar refractivity (Wildman–Crippen MR) is 85.1 cm³/mol. The summed E-state index contributed by atoms with van der Waals surface area (Å²) >= 11 is 0. The number of aliphatic hydroxyl groups excluding tert-OH is 3. The van der Waals surface area contributed by atoms with Crippen LogP contribution < -0.4 is 0 Å². The molecule has 0 aliphatic carbocycles. The molecule has 3 N–H and O–H groups in total. The van der Waals surface area contributed by atoms with Crippen molar-refractivity contribution in [2.75, 3.05) is 0 Å². The van der Waals surface area contributed by atoms with Gasteiger partial charge in [0.25, 0.3) is 0 Å². The fourth-order valence-corrected chi connectivity index (χ4v) is 2.58. The van der Waals surface area contributed by atoms with E-state index in [1.54, 1.807) is 12.1 Å². The highest BCUT2D eigenvalue weighted by molar-refractivity contribution is 5.68. The van der Waals surface area contributed by atoms with Crippen molar-refractivity contribution in [3.05, 3.63) is 65.2 Å².